The van der Waals surface area contributed by atoms with Crippen LogP contribution in [0.25, 0.3) is 0 Å². The molecule has 2 fully saturated rings. The summed E-state index contributed by atoms with van der Waals surface area (Å²) in [6.45, 7) is 10.6. The Morgan fingerprint density at radius 3 is 2.38 bits per heavy atom. The van der Waals surface area contributed by atoms with Crippen molar-refractivity contribution < 1.29 is 0 Å². The Balaban J connectivity index is 1.88. The molecule has 1 aromatic carbocycles. The van der Waals surface area contributed by atoms with E-state index in [0.717, 1.165) is 12.5 Å². The lowest BCUT2D eigenvalue weighted by Gasteiger charge is -2.53. The highest BCUT2D eigenvalue weighted by molar-refractivity contribution is 5.26. The van der Waals surface area contributed by atoms with Gasteiger partial charge in [0.25, 0.3) is 0 Å². The summed E-state index contributed by atoms with van der Waals surface area (Å²) in [5, 5.41) is 3.90. The van der Waals surface area contributed by atoms with Gasteiger partial charge in [-0.2, -0.15) is 0 Å². The summed E-state index contributed by atoms with van der Waals surface area (Å²) in [7, 11) is 0. The molecule has 2 aliphatic rings. The van der Waals surface area contributed by atoms with E-state index in [-0.39, 0.29) is 5.54 Å². The van der Waals surface area contributed by atoms with Crippen molar-refractivity contribution in [2.45, 2.75) is 57.5 Å². The van der Waals surface area contributed by atoms with Gasteiger partial charge in [-0.05, 0) is 44.1 Å². The molecule has 2 heteroatoms. The highest BCUT2D eigenvalue weighted by atomic mass is 15.3. The van der Waals surface area contributed by atoms with Gasteiger partial charge in [0.1, 0.15) is 0 Å². The van der Waals surface area contributed by atoms with Gasteiger partial charge in [0, 0.05) is 25.2 Å². The van der Waals surface area contributed by atoms with Crippen LogP contribution in [0.5, 0.6) is 0 Å². The maximum Gasteiger partial charge on any atom is 0.0558 e. The molecule has 1 unspecified atom stereocenters. The summed E-state index contributed by atoms with van der Waals surface area (Å²) < 4.78 is 0. The van der Waals surface area contributed by atoms with E-state index in [1.165, 1.54) is 44.3 Å². The third-order valence-corrected chi connectivity index (χ3v) is 5.92. The number of rotatable bonds is 5. The van der Waals surface area contributed by atoms with E-state index < -0.39 is 0 Å². The molecule has 0 spiro atoms. The molecule has 1 aliphatic heterocycles. The summed E-state index contributed by atoms with van der Waals surface area (Å²) in [5.74, 6) is 0.942. The largest absolute Gasteiger partial charge is 0.308 e. The number of nitrogens with one attached hydrogen (secondary N) is 1. The van der Waals surface area contributed by atoms with Crippen LogP contribution in [0.3, 0.4) is 0 Å². The number of hydrogen-bond donors (Lipinski definition) is 1. The molecule has 116 valence electrons. The van der Waals surface area contributed by atoms with Crippen LogP contribution >= 0.6 is 0 Å². The van der Waals surface area contributed by atoms with Gasteiger partial charge in [-0.1, -0.05) is 44.2 Å². The van der Waals surface area contributed by atoms with E-state index in [4.69, 9.17) is 0 Å². The number of piperazine rings is 1. The van der Waals surface area contributed by atoms with Gasteiger partial charge in [-0.15, -0.1) is 0 Å². The minimum atomic E-state index is 0.137. The minimum Gasteiger partial charge on any atom is -0.308 e. The van der Waals surface area contributed by atoms with Gasteiger partial charge in [-0.25, -0.2) is 0 Å². The molecule has 1 heterocycles. The van der Waals surface area contributed by atoms with Gasteiger partial charge in [0.05, 0.1) is 5.54 Å². The molecule has 0 radical (unpaired) electrons. The standard InChI is InChI=1S/C19H30N2/c1-4-19(5-2)15-21(13-16-11-12-16)18(3,14-20-19)17-9-7-6-8-10-17/h6-10,16,20H,4-5,11-15H2,1-3H3. The molecule has 1 aromatic rings. The molecule has 0 aromatic heterocycles. The van der Waals surface area contributed by atoms with Gasteiger partial charge in [-0.3, -0.25) is 4.90 Å². The molecule has 1 saturated carbocycles. The van der Waals surface area contributed by atoms with Crippen LogP contribution in [0.4, 0.5) is 0 Å². The molecule has 0 amide bonds. The molecule has 0 bridgehead atoms. The fourth-order valence-electron chi connectivity index (χ4n) is 3.75. The first kappa shape index (κ1) is 15.1. The topological polar surface area (TPSA) is 15.3 Å². The maximum absolute atomic E-state index is 3.90. The molecule has 21 heavy (non-hydrogen) atoms. The molecular weight excluding hydrogens is 256 g/mol. The zero-order chi connectivity index (χ0) is 14.9. The first-order valence-electron chi connectivity index (χ1n) is 8.67. The smallest absolute Gasteiger partial charge is 0.0558 e. The fraction of sp³-hybridized carbons (Fsp3) is 0.684. The molecule has 3 rings (SSSR count). The summed E-state index contributed by atoms with van der Waals surface area (Å²) in [6, 6.07) is 11.1. The highest BCUT2D eigenvalue weighted by Gasteiger charge is 2.45. The number of hydrogen-bond acceptors (Lipinski definition) is 2. The monoisotopic (exact) mass is 286 g/mol. The quantitative estimate of drug-likeness (QED) is 0.886. The Morgan fingerprint density at radius 2 is 1.81 bits per heavy atom. The second-order valence-electron chi connectivity index (χ2n) is 7.30. The second-order valence-corrected chi connectivity index (χ2v) is 7.30. The fourth-order valence-corrected chi connectivity index (χ4v) is 3.75. The van der Waals surface area contributed by atoms with Gasteiger partial charge in [0.15, 0.2) is 0 Å². The Hall–Kier alpha value is -0.860. The first-order chi connectivity index (χ1) is 10.1. The third-order valence-electron chi connectivity index (χ3n) is 5.92. The van der Waals surface area contributed by atoms with Crippen LogP contribution in [0, 0.1) is 5.92 Å². The SMILES string of the molecule is CCC1(CC)CN(CC2CC2)C(C)(c2ccccc2)CN1. The van der Waals surface area contributed by atoms with E-state index in [1.54, 1.807) is 0 Å². The van der Waals surface area contributed by atoms with Crippen LogP contribution in [-0.4, -0.2) is 30.1 Å². The summed E-state index contributed by atoms with van der Waals surface area (Å²) in [4.78, 5) is 2.78. The Bertz CT molecular complexity index is 462. The zero-order valence-electron chi connectivity index (χ0n) is 13.9. The van der Waals surface area contributed by atoms with Crippen molar-refractivity contribution in [3.63, 3.8) is 0 Å². The zero-order valence-corrected chi connectivity index (χ0v) is 13.9. The van der Waals surface area contributed by atoms with Gasteiger partial charge in [0.2, 0.25) is 0 Å². The van der Waals surface area contributed by atoms with E-state index in [1.807, 2.05) is 0 Å². The third kappa shape index (κ3) is 2.89. The molecule has 1 aliphatic carbocycles. The average molecular weight is 286 g/mol. The number of benzene rings is 1. The van der Waals surface area contributed by atoms with Crippen LogP contribution in [0.2, 0.25) is 0 Å². The summed E-state index contributed by atoms with van der Waals surface area (Å²) >= 11 is 0. The summed E-state index contributed by atoms with van der Waals surface area (Å²) in [5.41, 5.74) is 1.90. The van der Waals surface area contributed by atoms with E-state index >= 15 is 0 Å². The van der Waals surface area contributed by atoms with Crippen molar-refractivity contribution in [1.29, 1.82) is 0 Å². The lowest BCUT2D eigenvalue weighted by molar-refractivity contribution is 0.00521. The van der Waals surface area contributed by atoms with Crippen molar-refractivity contribution >= 4 is 0 Å². The lowest BCUT2D eigenvalue weighted by atomic mass is 9.80. The van der Waals surface area contributed by atoms with Crippen LogP contribution < -0.4 is 5.32 Å². The summed E-state index contributed by atoms with van der Waals surface area (Å²) in [6.07, 6.45) is 5.30. The molecular formula is C19H30N2. The predicted molar refractivity (Wildman–Crippen MR) is 89.4 cm³/mol. The van der Waals surface area contributed by atoms with Crippen molar-refractivity contribution in [3.05, 3.63) is 35.9 Å². The van der Waals surface area contributed by atoms with Crippen molar-refractivity contribution in [2.24, 2.45) is 5.92 Å². The Morgan fingerprint density at radius 1 is 1.14 bits per heavy atom. The molecule has 2 nitrogen and oxygen atoms in total. The van der Waals surface area contributed by atoms with E-state index in [0.29, 0.717) is 5.54 Å². The average Bonchev–Trinajstić information content (AvgIpc) is 3.35. The van der Waals surface area contributed by atoms with Crippen molar-refractivity contribution in [2.75, 3.05) is 19.6 Å². The Labute approximate surface area is 129 Å². The highest BCUT2D eigenvalue weighted by Crippen LogP contribution is 2.39. The van der Waals surface area contributed by atoms with E-state index in [2.05, 4.69) is 61.3 Å². The normalized spacial score (nSPS) is 29.5. The molecule has 1 atom stereocenters. The van der Waals surface area contributed by atoms with Crippen molar-refractivity contribution in [1.82, 2.24) is 10.2 Å². The number of nitrogens with zero attached hydrogens (tertiary/aromatic N) is 1. The van der Waals surface area contributed by atoms with Crippen LogP contribution in [-0.2, 0) is 5.54 Å². The molecule has 1 N–H and O–H groups in total. The van der Waals surface area contributed by atoms with E-state index in [9.17, 15) is 0 Å². The maximum atomic E-state index is 3.90. The lowest BCUT2D eigenvalue weighted by Crippen LogP contribution is -2.67. The second kappa shape index (κ2) is 5.73. The van der Waals surface area contributed by atoms with Crippen molar-refractivity contribution in [3.8, 4) is 0 Å². The molecule has 1 saturated heterocycles. The van der Waals surface area contributed by atoms with Crippen LogP contribution in [0.15, 0.2) is 30.3 Å². The predicted octanol–water partition coefficient (Wildman–Crippen LogP) is 3.78. The Kier molecular flexibility index (Phi) is 4.11. The van der Waals surface area contributed by atoms with Gasteiger partial charge < -0.3 is 5.32 Å². The van der Waals surface area contributed by atoms with Gasteiger partial charge >= 0.3 is 0 Å². The van der Waals surface area contributed by atoms with Crippen LogP contribution in [0.1, 0.15) is 52.0 Å². The minimum absolute atomic E-state index is 0.137. The first-order valence-corrected chi connectivity index (χ1v) is 8.67.